The van der Waals surface area contributed by atoms with E-state index in [9.17, 15) is 4.79 Å². The molecule has 0 unspecified atom stereocenters. The van der Waals surface area contributed by atoms with Crippen molar-refractivity contribution in [3.05, 3.63) is 28.4 Å². The maximum Gasteiger partial charge on any atom is 0.272 e. The summed E-state index contributed by atoms with van der Waals surface area (Å²) in [6, 6.07) is 5.99. The number of halogens is 2. The van der Waals surface area contributed by atoms with Crippen LogP contribution in [0.1, 0.15) is 23.3 Å². The molecular formula is C13H16BrClN4O. The molecule has 0 radical (unpaired) electrons. The molecule has 1 saturated heterocycles. The fourth-order valence-corrected chi connectivity index (χ4v) is 2.74. The Balaban J connectivity index is 0.00000147. The average Bonchev–Trinajstić information content (AvgIpc) is 2.82. The summed E-state index contributed by atoms with van der Waals surface area (Å²) in [5.41, 5.74) is 1.34. The zero-order valence-corrected chi connectivity index (χ0v) is 13.2. The normalized spacial score (nSPS) is 15.8. The van der Waals surface area contributed by atoms with Crippen molar-refractivity contribution >= 4 is 45.1 Å². The number of benzene rings is 1. The lowest BCUT2D eigenvalue weighted by molar-refractivity contribution is 0.0926. The molecular weight excluding hydrogens is 344 g/mol. The lowest BCUT2D eigenvalue weighted by atomic mass is 10.1. The minimum Gasteiger partial charge on any atom is -0.348 e. The predicted octanol–water partition coefficient (Wildman–Crippen LogP) is 2.23. The maximum absolute atomic E-state index is 12.3. The molecule has 1 aliphatic heterocycles. The van der Waals surface area contributed by atoms with E-state index in [1.54, 1.807) is 0 Å². The number of piperidine rings is 1. The second-order valence-corrected chi connectivity index (χ2v) is 5.68. The van der Waals surface area contributed by atoms with E-state index in [-0.39, 0.29) is 24.4 Å². The molecule has 0 spiro atoms. The first-order valence-electron chi connectivity index (χ1n) is 6.39. The number of rotatable bonds is 2. The number of aromatic amines is 1. The Hall–Kier alpha value is -1.11. The van der Waals surface area contributed by atoms with Gasteiger partial charge in [-0.3, -0.25) is 9.89 Å². The molecule has 7 heteroatoms. The quantitative estimate of drug-likeness (QED) is 0.770. The number of H-pyrrole nitrogens is 1. The Kier molecular flexibility index (Phi) is 5.01. The Labute approximate surface area is 131 Å². The van der Waals surface area contributed by atoms with E-state index in [2.05, 4.69) is 36.8 Å². The molecule has 20 heavy (non-hydrogen) atoms. The van der Waals surface area contributed by atoms with Crippen LogP contribution in [-0.4, -0.2) is 35.2 Å². The van der Waals surface area contributed by atoms with E-state index >= 15 is 0 Å². The molecule has 3 rings (SSSR count). The molecule has 1 fully saturated rings. The van der Waals surface area contributed by atoms with Gasteiger partial charge in [0.25, 0.3) is 5.91 Å². The Morgan fingerprint density at radius 3 is 2.85 bits per heavy atom. The maximum atomic E-state index is 12.3. The molecule has 0 aliphatic carbocycles. The van der Waals surface area contributed by atoms with Gasteiger partial charge in [-0.2, -0.15) is 5.10 Å². The number of fused-ring (bicyclic) bond motifs is 1. The van der Waals surface area contributed by atoms with Crippen molar-refractivity contribution < 1.29 is 4.79 Å². The van der Waals surface area contributed by atoms with E-state index in [0.717, 1.165) is 41.3 Å². The minimum atomic E-state index is -0.101. The predicted molar refractivity (Wildman–Crippen MR) is 84.4 cm³/mol. The Bertz CT molecular complexity index is 609. The van der Waals surface area contributed by atoms with Gasteiger partial charge in [0.15, 0.2) is 5.69 Å². The van der Waals surface area contributed by atoms with E-state index < -0.39 is 0 Å². The monoisotopic (exact) mass is 358 g/mol. The summed E-state index contributed by atoms with van der Waals surface area (Å²) < 4.78 is 0.942. The second-order valence-electron chi connectivity index (χ2n) is 4.76. The van der Waals surface area contributed by atoms with Gasteiger partial charge in [-0.05, 0) is 44.1 Å². The van der Waals surface area contributed by atoms with Crippen molar-refractivity contribution in [3.63, 3.8) is 0 Å². The van der Waals surface area contributed by atoms with Crippen LogP contribution in [-0.2, 0) is 0 Å². The summed E-state index contributed by atoms with van der Waals surface area (Å²) in [6.07, 6.45) is 1.94. The smallest absolute Gasteiger partial charge is 0.272 e. The van der Waals surface area contributed by atoms with Gasteiger partial charge < -0.3 is 10.6 Å². The van der Waals surface area contributed by atoms with Crippen LogP contribution in [0, 0.1) is 0 Å². The van der Waals surface area contributed by atoms with Crippen molar-refractivity contribution in [1.82, 2.24) is 20.8 Å². The van der Waals surface area contributed by atoms with Gasteiger partial charge in [0.05, 0.1) is 5.52 Å². The van der Waals surface area contributed by atoms with Crippen LogP contribution in [0.5, 0.6) is 0 Å². The zero-order chi connectivity index (χ0) is 13.2. The standard InChI is InChI=1S/C13H15BrN4O.ClH/c14-8-1-2-11-10(7-8)12(18-17-11)13(19)16-9-3-5-15-6-4-9;/h1-2,7,9,15H,3-6H2,(H,16,19)(H,17,18);1H. The lowest BCUT2D eigenvalue weighted by Gasteiger charge is -2.23. The number of carbonyl (C=O) groups excluding carboxylic acids is 1. The lowest BCUT2D eigenvalue weighted by Crippen LogP contribution is -2.42. The third-order valence-electron chi connectivity index (χ3n) is 3.41. The van der Waals surface area contributed by atoms with Gasteiger partial charge in [0, 0.05) is 15.9 Å². The molecule has 1 amide bonds. The summed E-state index contributed by atoms with van der Waals surface area (Å²) in [6.45, 7) is 1.91. The topological polar surface area (TPSA) is 69.8 Å². The van der Waals surface area contributed by atoms with E-state index in [1.807, 2.05) is 18.2 Å². The van der Waals surface area contributed by atoms with Crippen molar-refractivity contribution in [2.75, 3.05) is 13.1 Å². The molecule has 5 nitrogen and oxygen atoms in total. The molecule has 3 N–H and O–H groups in total. The minimum absolute atomic E-state index is 0. The largest absolute Gasteiger partial charge is 0.348 e. The summed E-state index contributed by atoms with van der Waals surface area (Å²) in [5.74, 6) is -0.101. The van der Waals surface area contributed by atoms with Crippen molar-refractivity contribution in [2.24, 2.45) is 0 Å². The average molecular weight is 360 g/mol. The molecule has 0 bridgehead atoms. The number of nitrogens with one attached hydrogen (secondary N) is 3. The number of hydrogen-bond acceptors (Lipinski definition) is 3. The van der Waals surface area contributed by atoms with Crippen molar-refractivity contribution in [2.45, 2.75) is 18.9 Å². The van der Waals surface area contributed by atoms with Gasteiger partial charge in [0.2, 0.25) is 0 Å². The van der Waals surface area contributed by atoms with Crippen LogP contribution in [0.2, 0.25) is 0 Å². The summed E-state index contributed by atoms with van der Waals surface area (Å²) >= 11 is 3.42. The van der Waals surface area contributed by atoms with Crippen LogP contribution in [0.3, 0.4) is 0 Å². The summed E-state index contributed by atoms with van der Waals surface area (Å²) in [4.78, 5) is 12.3. The van der Waals surface area contributed by atoms with Crippen LogP contribution in [0.25, 0.3) is 10.9 Å². The molecule has 2 heterocycles. The summed E-state index contributed by atoms with van der Waals surface area (Å²) in [7, 11) is 0. The molecule has 108 valence electrons. The van der Waals surface area contributed by atoms with Crippen LogP contribution in [0.4, 0.5) is 0 Å². The molecule has 1 aromatic carbocycles. The first-order valence-corrected chi connectivity index (χ1v) is 7.18. The summed E-state index contributed by atoms with van der Waals surface area (Å²) in [5, 5.41) is 14.2. The zero-order valence-electron chi connectivity index (χ0n) is 10.8. The first kappa shape index (κ1) is 15.3. The highest BCUT2D eigenvalue weighted by Crippen LogP contribution is 2.21. The van der Waals surface area contributed by atoms with E-state index in [4.69, 9.17) is 0 Å². The number of amides is 1. The highest BCUT2D eigenvalue weighted by Gasteiger charge is 2.19. The van der Waals surface area contributed by atoms with Crippen LogP contribution >= 0.6 is 28.3 Å². The second kappa shape index (κ2) is 6.56. The number of hydrogen-bond donors (Lipinski definition) is 3. The van der Waals surface area contributed by atoms with Crippen LogP contribution in [0.15, 0.2) is 22.7 Å². The number of carbonyl (C=O) groups is 1. The number of aromatic nitrogens is 2. The van der Waals surface area contributed by atoms with Gasteiger partial charge >= 0.3 is 0 Å². The molecule has 0 atom stereocenters. The Morgan fingerprint density at radius 1 is 1.35 bits per heavy atom. The number of nitrogens with zero attached hydrogens (tertiary/aromatic N) is 1. The molecule has 2 aromatic rings. The fraction of sp³-hybridized carbons (Fsp3) is 0.385. The van der Waals surface area contributed by atoms with Crippen molar-refractivity contribution in [3.8, 4) is 0 Å². The van der Waals surface area contributed by atoms with E-state index in [1.165, 1.54) is 0 Å². The van der Waals surface area contributed by atoms with Gasteiger partial charge in [-0.15, -0.1) is 12.4 Å². The molecule has 1 aliphatic rings. The van der Waals surface area contributed by atoms with E-state index in [0.29, 0.717) is 5.69 Å². The fourth-order valence-electron chi connectivity index (χ4n) is 2.38. The third kappa shape index (κ3) is 3.13. The molecule has 0 saturated carbocycles. The Morgan fingerprint density at radius 2 is 2.10 bits per heavy atom. The van der Waals surface area contributed by atoms with Crippen molar-refractivity contribution in [1.29, 1.82) is 0 Å². The molecule has 1 aromatic heterocycles. The highest BCUT2D eigenvalue weighted by atomic mass is 79.9. The SMILES string of the molecule is Cl.O=C(NC1CCNCC1)c1n[nH]c2ccc(Br)cc12. The van der Waals surface area contributed by atoms with Crippen LogP contribution < -0.4 is 10.6 Å². The highest BCUT2D eigenvalue weighted by molar-refractivity contribution is 9.10. The van der Waals surface area contributed by atoms with Gasteiger partial charge in [0.1, 0.15) is 0 Å². The first-order chi connectivity index (χ1) is 9.24. The van der Waals surface area contributed by atoms with Gasteiger partial charge in [-0.25, -0.2) is 0 Å². The third-order valence-corrected chi connectivity index (χ3v) is 3.91. The van der Waals surface area contributed by atoms with Gasteiger partial charge in [-0.1, -0.05) is 15.9 Å².